The van der Waals surface area contributed by atoms with E-state index in [1.165, 1.54) is 7.11 Å². The van der Waals surface area contributed by atoms with Crippen molar-refractivity contribution in [1.82, 2.24) is 0 Å². The number of allylic oxidation sites excluding steroid dienone is 1. The van der Waals surface area contributed by atoms with E-state index in [1.54, 1.807) is 24.5 Å². The summed E-state index contributed by atoms with van der Waals surface area (Å²) in [6.45, 7) is 0.675. The summed E-state index contributed by atoms with van der Waals surface area (Å²) in [6, 6.07) is 5.00. The van der Waals surface area contributed by atoms with Crippen molar-refractivity contribution in [2.24, 2.45) is 0 Å². The van der Waals surface area contributed by atoms with Gasteiger partial charge in [-0.15, -0.1) is 0 Å². The minimum atomic E-state index is -0.0572. The summed E-state index contributed by atoms with van der Waals surface area (Å²) in [6.07, 6.45) is 3.15. The Balaban J connectivity index is 2.33. The van der Waals surface area contributed by atoms with Gasteiger partial charge in [0.1, 0.15) is 5.75 Å². The van der Waals surface area contributed by atoms with E-state index in [-0.39, 0.29) is 5.78 Å². The molecule has 0 bridgehead atoms. The molecule has 1 aliphatic rings. The number of hydrogen-bond donors (Lipinski definition) is 0. The highest BCUT2D eigenvalue weighted by molar-refractivity contribution is 6.31. The molecule has 1 heterocycles. The summed E-state index contributed by atoms with van der Waals surface area (Å²) in [5, 5.41) is 0.548. The zero-order valence-corrected chi connectivity index (χ0v) is 10.3. The van der Waals surface area contributed by atoms with Gasteiger partial charge in [-0.3, -0.25) is 4.79 Å². The Morgan fingerprint density at radius 2 is 2.29 bits per heavy atom. The molecule has 90 valence electrons. The molecule has 1 aromatic rings. The molecular weight excluding hydrogens is 240 g/mol. The molecule has 17 heavy (non-hydrogen) atoms. The summed E-state index contributed by atoms with van der Waals surface area (Å²) in [4.78, 5) is 12.2. The van der Waals surface area contributed by atoms with Crippen LogP contribution in [0.1, 0.15) is 23.2 Å². The van der Waals surface area contributed by atoms with Gasteiger partial charge in [0.15, 0.2) is 5.78 Å². The first-order valence-corrected chi connectivity index (χ1v) is 5.79. The largest absolute Gasteiger partial charge is 0.501 e. The van der Waals surface area contributed by atoms with Gasteiger partial charge < -0.3 is 9.47 Å². The summed E-state index contributed by atoms with van der Waals surface area (Å²) in [7, 11) is 1.52. The lowest BCUT2D eigenvalue weighted by molar-refractivity contribution is 0.101. The number of methoxy groups -OCH3 is 1. The Bertz CT molecular complexity index is 466. The van der Waals surface area contributed by atoms with Crippen LogP contribution >= 0.6 is 11.6 Å². The lowest BCUT2D eigenvalue weighted by Crippen LogP contribution is -2.10. The third-order valence-electron chi connectivity index (χ3n) is 2.63. The predicted molar refractivity (Wildman–Crippen MR) is 65.6 cm³/mol. The maximum Gasteiger partial charge on any atom is 0.195 e. The average Bonchev–Trinajstić information content (AvgIpc) is 2.39. The van der Waals surface area contributed by atoms with E-state index in [4.69, 9.17) is 21.1 Å². The summed E-state index contributed by atoms with van der Waals surface area (Å²) >= 11 is 5.86. The van der Waals surface area contributed by atoms with Crippen molar-refractivity contribution >= 4 is 17.4 Å². The summed E-state index contributed by atoms with van der Waals surface area (Å²) in [5.74, 6) is 0.437. The molecular formula is C13H13ClO3. The van der Waals surface area contributed by atoms with Crippen molar-refractivity contribution in [3.8, 4) is 5.75 Å². The smallest absolute Gasteiger partial charge is 0.195 e. The number of benzene rings is 1. The molecule has 0 spiro atoms. The Morgan fingerprint density at radius 3 is 2.94 bits per heavy atom. The van der Waals surface area contributed by atoms with Gasteiger partial charge in [-0.2, -0.15) is 0 Å². The second-order valence-corrected chi connectivity index (χ2v) is 4.23. The van der Waals surface area contributed by atoms with Crippen molar-refractivity contribution in [3.63, 3.8) is 0 Å². The fraction of sp³-hybridized carbons (Fsp3) is 0.308. The molecule has 0 N–H and O–H groups in total. The third-order valence-corrected chi connectivity index (χ3v) is 2.87. The maximum absolute atomic E-state index is 12.2. The first-order valence-electron chi connectivity index (χ1n) is 5.41. The van der Waals surface area contributed by atoms with Crippen molar-refractivity contribution in [2.75, 3.05) is 13.7 Å². The van der Waals surface area contributed by atoms with Crippen LogP contribution in [0.3, 0.4) is 0 Å². The molecule has 0 aromatic heterocycles. The first kappa shape index (κ1) is 12.0. The van der Waals surface area contributed by atoms with Gasteiger partial charge in [-0.1, -0.05) is 11.6 Å². The van der Waals surface area contributed by atoms with E-state index in [0.29, 0.717) is 28.5 Å². The SMILES string of the molecule is COc1cc(Cl)ccc1C(=O)C1=COCCC1. The van der Waals surface area contributed by atoms with Crippen LogP contribution in [0.25, 0.3) is 0 Å². The minimum Gasteiger partial charge on any atom is -0.501 e. The van der Waals surface area contributed by atoms with Crippen LogP contribution < -0.4 is 4.74 Å². The van der Waals surface area contributed by atoms with E-state index in [2.05, 4.69) is 0 Å². The van der Waals surface area contributed by atoms with Gasteiger partial charge in [-0.25, -0.2) is 0 Å². The second-order valence-electron chi connectivity index (χ2n) is 3.79. The molecule has 4 heteroatoms. The van der Waals surface area contributed by atoms with Crippen LogP contribution in [0, 0.1) is 0 Å². The van der Waals surface area contributed by atoms with Crippen LogP contribution in [0.5, 0.6) is 5.75 Å². The summed E-state index contributed by atoms with van der Waals surface area (Å²) in [5.41, 5.74) is 1.20. The van der Waals surface area contributed by atoms with E-state index >= 15 is 0 Å². The number of ketones is 1. The van der Waals surface area contributed by atoms with E-state index < -0.39 is 0 Å². The molecule has 1 aromatic carbocycles. The molecule has 0 radical (unpaired) electrons. The fourth-order valence-corrected chi connectivity index (χ4v) is 1.92. The first-order chi connectivity index (χ1) is 8.22. The molecule has 0 fully saturated rings. The topological polar surface area (TPSA) is 35.5 Å². The van der Waals surface area contributed by atoms with Gasteiger partial charge in [0, 0.05) is 10.6 Å². The molecule has 2 rings (SSSR count). The summed E-state index contributed by atoms with van der Waals surface area (Å²) < 4.78 is 10.3. The fourth-order valence-electron chi connectivity index (χ4n) is 1.76. The van der Waals surface area contributed by atoms with Crippen molar-refractivity contribution < 1.29 is 14.3 Å². The predicted octanol–water partition coefficient (Wildman–Crippen LogP) is 3.23. The average molecular weight is 253 g/mol. The zero-order chi connectivity index (χ0) is 12.3. The maximum atomic E-state index is 12.2. The van der Waals surface area contributed by atoms with E-state index in [0.717, 1.165) is 12.8 Å². The van der Waals surface area contributed by atoms with Crippen molar-refractivity contribution in [2.45, 2.75) is 12.8 Å². The molecule has 3 nitrogen and oxygen atoms in total. The van der Waals surface area contributed by atoms with Gasteiger partial charge in [0.05, 0.1) is 25.5 Å². The number of carbonyl (C=O) groups is 1. The Kier molecular flexibility index (Phi) is 3.69. The van der Waals surface area contributed by atoms with E-state index in [1.807, 2.05) is 0 Å². The molecule has 0 amide bonds. The Labute approximate surface area is 105 Å². The standard InChI is InChI=1S/C13H13ClO3/c1-16-12-7-10(14)4-5-11(12)13(15)9-3-2-6-17-8-9/h4-5,7-8H,2-3,6H2,1H3. The van der Waals surface area contributed by atoms with Crippen molar-refractivity contribution in [1.29, 1.82) is 0 Å². The molecule has 0 atom stereocenters. The van der Waals surface area contributed by atoms with Gasteiger partial charge in [0.2, 0.25) is 0 Å². The number of ether oxygens (including phenoxy) is 2. The van der Waals surface area contributed by atoms with Crippen LogP contribution in [-0.2, 0) is 4.74 Å². The quantitative estimate of drug-likeness (QED) is 0.775. The second kappa shape index (κ2) is 5.23. The minimum absolute atomic E-state index is 0.0572. The highest BCUT2D eigenvalue weighted by atomic mass is 35.5. The van der Waals surface area contributed by atoms with Crippen LogP contribution in [0.15, 0.2) is 30.0 Å². The van der Waals surface area contributed by atoms with Crippen LogP contribution in [0.2, 0.25) is 5.02 Å². The highest BCUT2D eigenvalue weighted by Gasteiger charge is 2.19. The molecule has 1 aliphatic heterocycles. The van der Waals surface area contributed by atoms with Gasteiger partial charge in [-0.05, 0) is 31.0 Å². The molecule has 0 aliphatic carbocycles. The zero-order valence-electron chi connectivity index (χ0n) is 9.53. The normalized spacial score (nSPS) is 14.8. The lowest BCUT2D eigenvalue weighted by Gasteiger charge is -2.14. The van der Waals surface area contributed by atoms with E-state index in [9.17, 15) is 4.79 Å². The number of hydrogen-bond acceptors (Lipinski definition) is 3. The number of Topliss-reactive ketones (excluding diaryl/α,β-unsaturated/α-hetero) is 1. The monoisotopic (exact) mass is 252 g/mol. The van der Waals surface area contributed by atoms with Crippen molar-refractivity contribution in [3.05, 3.63) is 40.6 Å². The van der Waals surface area contributed by atoms with Gasteiger partial charge in [0.25, 0.3) is 0 Å². The number of halogens is 1. The molecule has 0 saturated heterocycles. The Morgan fingerprint density at radius 1 is 1.47 bits per heavy atom. The van der Waals surface area contributed by atoms with Crippen LogP contribution in [-0.4, -0.2) is 19.5 Å². The highest BCUT2D eigenvalue weighted by Crippen LogP contribution is 2.27. The number of carbonyl (C=O) groups excluding carboxylic acids is 1. The number of rotatable bonds is 3. The van der Waals surface area contributed by atoms with Gasteiger partial charge >= 0.3 is 0 Å². The lowest BCUT2D eigenvalue weighted by atomic mass is 9.99. The Hall–Kier alpha value is -1.48. The molecule has 0 unspecified atom stereocenters. The van der Waals surface area contributed by atoms with Crippen LogP contribution in [0.4, 0.5) is 0 Å². The molecule has 0 saturated carbocycles. The third kappa shape index (κ3) is 2.61.